The largest absolute Gasteiger partial charge is 0.0848 e. The van der Waals surface area contributed by atoms with E-state index in [-0.39, 0.29) is 0 Å². The van der Waals surface area contributed by atoms with Crippen molar-refractivity contribution in [2.75, 3.05) is 0 Å². The summed E-state index contributed by atoms with van der Waals surface area (Å²) < 4.78 is 0. The van der Waals surface area contributed by atoms with E-state index < -0.39 is 0 Å². The number of hydrogen-bond acceptors (Lipinski definition) is 0. The molecular weight excluding hydrogens is 192 g/mol. The maximum Gasteiger partial charge on any atom is -0.00591 e. The van der Waals surface area contributed by atoms with Crippen LogP contribution in [0.4, 0.5) is 0 Å². The van der Waals surface area contributed by atoms with E-state index >= 15 is 0 Å². The summed E-state index contributed by atoms with van der Waals surface area (Å²) in [4.78, 5) is 0. The van der Waals surface area contributed by atoms with Crippen LogP contribution in [0.5, 0.6) is 0 Å². The fourth-order valence-electron chi connectivity index (χ4n) is 4.05. The van der Waals surface area contributed by atoms with Gasteiger partial charge >= 0.3 is 0 Å². The van der Waals surface area contributed by atoms with Crippen molar-refractivity contribution in [3.63, 3.8) is 0 Å². The highest BCUT2D eigenvalue weighted by Gasteiger charge is 2.47. The zero-order chi connectivity index (χ0) is 10.5. The summed E-state index contributed by atoms with van der Waals surface area (Å²) in [5, 5.41) is 0. The first-order chi connectivity index (χ1) is 7.93. The van der Waals surface area contributed by atoms with E-state index in [1.54, 1.807) is 5.57 Å². The molecule has 16 heavy (non-hydrogen) atoms. The van der Waals surface area contributed by atoms with Crippen LogP contribution in [0.3, 0.4) is 0 Å². The Morgan fingerprint density at radius 3 is 2.62 bits per heavy atom. The number of rotatable bonds is 1. The van der Waals surface area contributed by atoms with Gasteiger partial charge in [-0.05, 0) is 47.6 Å². The molecule has 0 heterocycles. The summed E-state index contributed by atoms with van der Waals surface area (Å²) in [6, 6.07) is 11.0. The summed E-state index contributed by atoms with van der Waals surface area (Å²) in [6.45, 7) is 0. The Bertz CT molecular complexity index is 466. The third kappa shape index (κ3) is 1.05. The molecule has 0 spiro atoms. The fourth-order valence-corrected chi connectivity index (χ4v) is 4.05. The fraction of sp³-hybridized carbons (Fsp3) is 0.375. The standard InChI is InChI=1S/C16H16/c1-2-4-11(5-3-1)14-8-9-15-12-6-7-13(10-12)16(14)15/h1-8,12-13,15-16H,9-10H2/t12-,13+,15-,16-/m1/s1. The Labute approximate surface area is 96.7 Å². The minimum absolute atomic E-state index is 0.831. The number of hydrogen-bond donors (Lipinski definition) is 0. The lowest BCUT2D eigenvalue weighted by molar-refractivity contribution is 0.405. The van der Waals surface area contributed by atoms with Crippen molar-refractivity contribution in [3.8, 4) is 0 Å². The summed E-state index contributed by atoms with van der Waals surface area (Å²) in [7, 11) is 0. The van der Waals surface area contributed by atoms with E-state index in [2.05, 4.69) is 48.6 Å². The minimum Gasteiger partial charge on any atom is -0.0848 e. The highest BCUT2D eigenvalue weighted by molar-refractivity contribution is 5.71. The SMILES string of the molecule is C1=C[C@H]2C[C@@H]1[C@H]1CC=C(c3ccccc3)[C@H]12. The molecule has 0 aromatic heterocycles. The third-order valence-corrected chi connectivity index (χ3v) is 4.70. The smallest absolute Gasteiger partial charge is 0.00591 e. The second-order valence-corrected chi connectivity index (χ2v) is 5.40. The van der Waals surface area contributed by atoms with Gasteiger partial charge in [0.15, 0.2) is 0 Å². The van der Waals surface area contributed by atoms with Gasteiger partial charge in [-0.15, -0.1) is 0 Å². The van der Waals surface area contributed by atoms with E-state index in [0.29, 0.717) is 0 Å². The zero-order valence-corrected chi connectivity index (χ0v) is 9.34. The number of allylic oxidation sites excluding steroid dienone is 4. The van der Waals surface area contributed by atoms with Gasteiger partial charge in [-0.3, -0.25) is 0 Å². The molecule has 4 atom stereocenters. The Hall–Kier alpha value is -1.30. The van der Waals surface area contributed by atoms with Gasteiger partial charge in [-0.1, -0.05) is 48.6 Å². The topological polar surface area (TPSA) is 0 Å². The second-order valence-electron chi connectivity index (χ2n) is 5.40. The van der Waals surface area contributed by atoms with Gasteiger partial charge in [0.25, 0.3) is 0 Å². The molecule has 0 aliphatic heterocycles. The van der Waals surface area contributed by atoms with Crippen molar-refractivity contribution >= 4 is 5.57 Å². The maximum absolute atomic E-state index is 2.50. The Balaban J connectivity index is 1.75. The van der Waals surface area contributed by atoms with Crippen LogP contribution in [0.1, 0.15) is 18.4 Å². The van der Waals surface area contributed by atoms with E-state index in [0.717, 1.165) is 23.7 Å². The molecule has 2 bridgehead atoms. The lowest BCUT2D eigenvalue weighted by Gasteiger charge is -2.23. The van der Waals surface area contributed by atoms with Crippen molar-refractivity contribution in [2.24, 2.45) is 23.7 Å². The molecule has 1 aromatic rings. The van der Waals surface area contributed by atoms with Crippen molar-refractivity contribution in [1.82, 2.24) is 0 Å². The molecule has 0 unspecified atom stereocenters. The molecule has 1 fully saturated rings. The lowest BCUT2D eigenvalue weighted by Crippen LogP contribution is -2.15. The Morgan fingerprint density at radius 2 is 1.75 bits per heavy atom. The van der Waals surface area contributed by atoms with Crippen LogP contribution >= 0.6 is 0 Å². The monoisotopic (exact) mass is 208 g/mol. The summed E-state index contributed by atoms with van der Waals surface area (Å²) in [5.41, 5.74) is 3.08. The van der Waals surface area contributed by atoms with E-state index in [1.165, 1.54) is 18.4 Å². The normalized spacial score (nSPS) is 38.9. The molecule has 0 heteroatoms. The molecule has 0 amide bonds. The Kier molecular flexibility index (Phi) is 1.71. The van der Waals surface area contributed by atoms with E-state index in [1.807, 2.05) is 0 Å². The predicted molar refractivity (Wildman–Crippen MR) is 66.8 cm³/mol. The van der Waals surface area contributed by atoms with Crippen LogP contribution in [-0.2, 0) is 0 Å². The van der Waals surface area contributed by atoms with Gasteiger partial charge < -0.3 is 0 Å². The molecule has 80 valence electrons. The predicted octanol–water partition coefficient (Wildman–Crippen LogP) is 3.91. The summed E-state index contributed by atoms with van der Waals surface area (Å²) in [5.74, 6) is 3.47. The van der Waals surface area contributed by atoms with Crippen LogP contribution in [-0.4, -0.2) is 0 Å². The van der Waals surface area contributed by atoms with Gasteiger partial charge in [0.2, 0.25) is 0 Å². The lowest BCUT2D eigenvalue weighted by atomic mass is 9.80. The average Bonchev–Trinajstić information content (AvgIpc) is 3.03. The van der Waals surface area contributed by atoms with Gasteiger partial charge in [0.05, 0.1) is 0 Å². The third-order valence-electron chi connectivity index (χ3n) is 4.70. The second kappa shape index (κ2) is 3.10. The molecule has 0 N–H and O–H groups in total. The first-order valence-corrected chi connectivity index (χ1v) is 6.37. The first kappa shape index (κ1) is 8.81. The zero-order valence-electron chi connectivity index (χ0n) is 9.34. The molecule has 4 rings (SSSR count). The van der Waals surface area contributed by atoms with Crippen LogP contribution in [0.25, 0.3) is 5.57 Å². The van der Waals surface area contributed by atoms with Crippen molar-refractivity contribution in [1.29, 1.82) is 0 Å². The summed E-state index contributed by atoms with van der Waals surface area (Å²) in [6.07, 6.45) is 10.2. The van der Waals surface area contributed by atoms with Gasteiger partial charge in [-0.25, -0.2) is 0 Å². The number of benzene rings is 1. The summed E-state index contributed by atoms with van der Waals surface area (Å²) >= 11 is 0. The van der Waals surface area contributed by atoms with Crippen LogP contribution < -0.4 is 0 Å². The molecule has 0 nitrogen and oxygen atoms in total. The molecule has 1 saturated carbocycles. The van der Waals surface area contributed by atoms with Crippen LogP contribution in [0, 0.1) is 23.7 Å². The quantitative estimate of drug-likeness (QED) is 0.614. The van der Waals surface area contributed by atoms with Crippen LogP contribution in [0.2, 0.25) is 0 Å². The number of fused-ring (bicyclic) bond motifs is 5. The molecule has 0 saturated heterocycles. The molecular formula is C16H16. The van der Waals surface area contributed by atoms with Gasteiger partial charge in [0, 0.05) is 0 Å². The molecule has 0 radical (unpaired) electrons. The van der Waals surface area contributed by atoms with Crippen molar-refractivity contribution in [3.05, 3.63) is 54.1 Å². The molecule has 1 aromatic carbocycles. The molecule has 3 aliphatic rings. The molecule has 3 aliphatic carbocycles. The van der Waals surface area contributed by atoms with E-state index in [4.69, 9.17) is 0 Å². The van der Waals surface area contributed by atoms with Crippen LogP contribution in [0.15, 0.2) is 48.6 Å². The average molecular weight is 208 g/mol. The van der Waals surface area contributed by atoms with Gasteiger partial charge in [-0.2, -0.15) is 0 Å². The van der Waals surface area contributed by atoms with Gasteiger partial charge in [0.1, 0.15) is 0 Å². The Morgan fingerprint density at radius 1 is 0.938 bits per heavy atom. The highest BCUT2D eigenvalue weighted by atomic mass is 14.5. The maximum atomic E-state index is 2.50. The van der Waals surface area contributed by atoms with E-state index in [9.17, 15) is 0 Å². The first-order valence-electron chi connectivity index (χ1n) is 6.37. The minimum atomic E-state index is 0.831. The van der Waals surface area contributed by atoms with Crippen molar-refractivity contribution < 1.29 is 0 Å². The van der Waals surface area contributed by atoms with Crippen molar-refractivity contribution in [2.45, 2.75) is 12.8 Å². The highest BCUT2D eigenvalue weighted by Crippen LogP contribution is 2.57.